The third-order valence-corrected chi connectivity index (χ3v) is 4.14. The molecule has 0 unspecified atom stereocenters. The van der Waals surface area contributed by atoms with Crippen molar-refractivity contribution in [3.8, 4) is 0 Å². The Labute approximate surface area is 119 Å². The van der Waals surface area contributed by atoms with Crippen molar-refractivity contribution < 1.29 is 0 Å². The molecule has 1 heterocycles. The van der Waals surface area contributed by atoms with E-state index in [1.54, 1.807) is 0 Å². The number of nitrogens with zero attached hydrogens (tertiary/aromatic N) is 2. The third kappa shape index (κ3) is 2.28. The number of para-hydroxylation sites is 1. The molecule has 0 amide bonds. The molecule has 102 valence electrons. The van der Waals surface area contributed by atoms with Crippen LogP contribution >= 0.6 is 0 Å². The molecule has 1 atom stereocenters. The molecular formula is C17H19N3. The Balaban J connectivity index is 1.75. The highest BCUT2D eigenvalue weighted by Gasteiger charge is 2.27. The second-order valence-corrected chi connectivity index (χ2v) is 5.83. The summed E-state index contributed by atoms with van der Waals surface area (Å²) in [7, 11) is 0. The first-order chi connectivity index (χ1) is 9.90. The van der Waals surface area contributed by atoms with Crippen molar-refractivity contribution in [3.63, 3.8) is 0 Å². The zero-order valence-electron chi connectivity index (χ0n) is 11.5. The SMILES string of the molecule is C1=C[C@@H](Nc2nc(C3CC3)nc3ccccc23)CCC1. The molecule has 4 rings (SSSR count). The van der Waals surface area contributed by atoms with Crippen LogP contribution in [0.5, 0.6) is 0 Å². The average molecular weight is 265 g/mol. The molecule has 1 saturated carbocycles. The van der Waals surface area contributed by atoms with Gasteiger partial charge in [-0.25, -0.2) is 9.97 Å². The first kappa shape index (κ1) is 11.9. The molecule has 1 aromatic carbocycles. The minimum atomic E-state index is 0.411. The van der Waals surface area contributed by atoms with E-state index in [2.05, 4.69) is 41.7 Å². The van der Waals surface area contributed by atoms with E-state index in [0.29, 0.717) is 12.0 Å². The van der Waals surface area contributed by atoms with Gasteiger partial charge in [-0.05, 0) is 44.2 Å². The number of anilines is 1. The fourth-order valence-electron chi connectivity index (χ4n) is 2.84. The smallest absolute Gasteiger partial charge is 0.138 e. The van der Waals surface area contributed by atoms with Crippen LogP contribution in [0, 0.1) is 0 Å². The Bertz CT molecular complexity index is 658. The van der Waals surface area contributed by atoms with Crippen molar-refractivity contribution in [1.29, 1.82) is 0 Å². The number of benzene rings is 1. The lowest BCUT2D eigenvalue weighted by molar-refractivity contribution is 0.671. The van der Waals surface area contributed by atoms with Crippen molar-refractivity contribution in [3.05, 3.63) is 42.2 Å². The highest BCUT2D eigenvalue weighted by atomic mass is 15.1. The summed E-state index contributed by atoms with van der Waals surface area (Å²) >= 11 is 0. The predicted octanol–water partition coefficient (Wildman–Crippen LogP) is 4.03. The first-order valence-corrected chi connectivity index (χ1v) is 7.60. The second kappa shape index (κ2) is 4.89. The van der Waals surface area contributed by atoms with Gasteiger partial charge in [-0.1, -0.05) is 24.3 Å². The third-order valence-electron chi connectivity index (χ3n) is 4.14. The molecule has 2 aliphatic rings. The van der Waals surface area contributed by atoms with Crippen molar-refractivity contribution >= 4 is 16.7 Å². The van der Waals surface area contributed by atoms with Gasteiger partial charge in [0.15, 0.2) is 0 Å². The molecule has 3 nitrogen and oxygen atoms in total. The van der Waals surface area contributed by atoms with Crippen LogP contribution in [0.4, 0.5) is 5.82 Å². The Morgan fingerprint density at radius 1 is 1.05 bits per heavy atom. The molecule has 1 fully saturated rings. The summed E-state index contributed by atoms with van der Waals surface area (Å²) in [6.45, 7) is 0. The van der Waals surface area contributed by atoms with Crippen LogP contribution < -0.4 is 5.32 Å². The first-order valence-electron chi connectivity index (χ1n) is 7.60. The quantitative estimate of drug-likeness (QED) is 0.851. The summed E-state index contributed by atoms with van der Waals surface area (Å²) in [6.07, 6.45) is 10.7. The van der Waals surface area contributed by atoms with Gasteiger partial charge in [0, 0.05) is 17.3 Å². The van der Waals surface area contributed by atoms with Gasteiger partial charge in [0.05, 0.1) is 5.52 Å². The summed E-state index contributed by atoms with van der Waals surface area (Å²) in [5.41, 5.74) is 1.06. The molecule has 20 heavy (non-hydrogen) atoms. The van der Waals surface area contributed by atoms with E-state index in [1.165, 1.54) is 32.1 Å². The van der Waals surface area contributed by atoms with Crippen LogP contribution in [0.15, 0.2) is 36.4 Å². The predicted molar refractivity (Wildman–Crippen MR) is 81.9 cm³/mol. The van der Waals surface area contributed by atoms with Gasteiger partial charge < -0.3 is 5.32 Å². The number of nitrogens with one attached hydrogen (secondary N) is 1. The second-order valence-electron chi connectivity index (χ2n) is 5.83. The number of aromatic nitrogens is 2. The lowest BCUT2D eigenvalue weighted by Gasteiger charge is -2.20. The number of fused-ring (bicyclic) bond motifs is 1. The van der Waals surface area contributed by atoms with Crippen molar-refractivity contribution in [1.82, 2.24) is 9.97 Å². The summed E-state index contributed by atoms with van der Waals surface area (Å²) < 4.78 is 0. The van der Waals surface area contributed by atoms with Gasteiger partial charge in [0.2, 0.25) is 0 Å². The molecule has 0 saturated heterocycles. The van der Waals surface area contributed by atoms with Gasteiger partial charge in [0.25, 0.3) is 0 Å². The van der Waals surface area contributed by atoms with E-state index in [9.17, 15) is 0 Å². The van der Waals surface area contributed by atoms with Crippen molar-refractivity contribution in [2.45, 2.75) is 44.1 Å². The molecule has 3 heteroatoms. The standard InChI is InChI=1S/C17H19N3/c1-2-6-13(7-3-1)18-17-14-8-4-5-9-15(14)19-16(20-17)12-10-11-12/h2,4-6,8-9,12-13H,1,3,7,10-11H2,(H,18,19,20)/t13-/m1/s1. The molecule has 0 spiro atoms. The zero-order valence-corrected chi connectivity index (χ0v) is 11.5. The maximum Gasteiger partial charge on any atom is 0.138 e. The van der Waals surface area contributed by atoms with Crippen LogP contribution in [-0.2, 0) is 0 Å². The number of hydrogen-bond donors (Lipinski definition) is 1. The molecule has 0 aliphatic heterocycles. The number of hydrogen-bond acceptors (Lipinski definition) is 3. The number of allylic oxidation sites excluding steroid dienone is 1. The van der Waals surface area contributed by atoms with E-state index in [0.717, 1.165) is 22.5 Å². The van der Waals surface area contributed by atoms with E-state index < -0.39 is 0 Å². The summed E-state index contributed by atoms with van der Waals surface area (Å²) in [5.74, 6) is 2.61. The lowest BCUT2D eigenvalue weighted by Crippen LogP contribution is -2.20. The molecular weight excluding hydrogens is 246 g/mol. The van der Waals surface area contributed by atoms with Gasteiger partial charge in [-0.15, -0.1) is 0 Å². The normalized spacial score (nSPS) is 22.1. The molecule has 0 bridgehead atoms. The monoisotopic (exact) mass is 265 g/mol. The summed E-state index contributed by atoms with van der Waals surface area (Å²) in [5, 5.41) is 4.74. The summed E-state index contributed by atoms with van der Waals surface area (Å²) in [4.78, 5) is 9.52. The van der Waals surface area contributed by atoms with E-state index >= 15 is 0 Å². The Hall–Kier alpha value is -1.90. The highest BCUT2D eigenvalue weighted by molar-refractivity contribution is 5.89. The van der Waals surface area contributed by atoms with Crippen molar-refractivity contribution in [2.75, 3.05) is 5.32 Å². The summed E-state index contributed by atoms with van der Waals surface area (Å²) in [6, 6.07) is 8.72. The van der Waals surface area contributed by atoms with Gasteiger partial charge >= 0.3 is 0 Å². The van der Waals surface area contributed by atoms with Crippen LogP contribution in [0.25, 0.3) is 10.9 Å². The zero-order chi connectivity index (χ0) is 13.4. The van der Waals surface area contributed by atoms with Crippen LogP contribution in [0.1, 0.15) is 43.8 Å². The maximum atomic E-state index is 4.80. The minimum absolute atomic E-state index is 0.411. The van der Waals surface area contributed by atoms with Crippen molar-refractivity contribution in [2.24, 2.45) is 0 Å². The Kier molecular flexibility index (Phi) is 2.91. The van der Waals surface area contributed by atoms with Crippen LogP contribution in [0.3, 0.4) is 0 Å². The topological polar surface area (TPSA) is 37.8 Å². The fourth-order valence-corrected chi connectivity index (χ4v) is 2.84. The van der Waals surface area contributed by atoms with Gasteiger partial charge in [-0.2, -0.15) is 0 Å². The average Bonchev–Trinajstić information content (AvgIpc) is 3.33. The Morgan fingerprint density at radius 3 is 2.75 bits per heavy atom. The Morgan fingerprint density at radius 2 is 1.95 bits per heavy atom. The molecule has 0 radical (unpaired) electrons. The van der Waals surface area contributed by atoms with E-state index in [1.807, 2.05) is 0 Å². The van der Waals surface area contributed by atoms with Gasteiger partial charge in [0.1, 0.15) is 11.6 Å². The largest absolute Gasteiger partial charge is 0.363 e. The van der Waals surface area contributed by atoms with Crippen LogP contribution in [-0.4, -0.2) is 16.0 Å². The van der Waals surface area contributed by atoms with E-state index in [-0.39, 0.29) is 0 Å². The van der Waals surface area contributed by atoms with E-state index in [4.69, 9.17) is 9.97 Å². The molecule has 1 aromatic heterocycles. The number of rotatable bonds is 3. The van der Waals surface area contributed by atoms with Crippen LogP contribution in [0.2, 0.25) is 0 Å². The molecule has 1 N–H and O–H groups in total. The molecule has 2 aromatic rings. The highest BCUT2D eigenvalue weighted by Crippen LogP contribution is 2.39. The maximum absolute atomic E-state index is 4.80. The fraction of sp³-hybridized carbons (Fsp3) is 0.412. The molecule has 2 aliphatic carbocycles. The minimum Gasteiger partial charge on any atom is -0.363 e. The van der Waals surface area contributed by atoms with Gasteiger partial charge in [-0.3, -0.25) is 0 Å². The lowest BCUT2D eigenvalue weighted by atomic mass is 10.0.